The molecular weight excluding hydrogens is 485 g/mol. The van der Waals surface area contributed by atoms with Crippen molar-refractivity contribution >= 4 is 29.0 Å². The number of Topliss-reactive ketones (excluding diaryl/α,β-unsaturated/α-hetero) is 1. The number of hydrogen-bond acceptors (Lipinski definition) is 6. The number of allylic oxidation sites excluding steroid dienone is 1. The van der Waals surface area contributed by atoms with Gasteiger partial charge in [0.05, 0.1) is 29.0 Å². The molecule has 5 rings (SSSR count). The van der Waals surface area contributed by atoms with E-state index < -0.39 is 24.3 Å². The third-order valence-electron chi connectivity index (χ3n) is 7.00. The maximum absolute atomic E-state index is 13.9. The number of nitrogens with zero attached hydrogens (tertiary/aromatic N) is 2. The molecule has 3 aromatic carbocycles. The van der Waals surface area contributed by atoms with Crippen LogP contribution in [0.1, 0.15) is 54.3 Å². The van der Waals surface area contributed by atoms with E-state index in [9.17, 15) is 29.1 Å². The minimum absolute atomic E-state index is 0.163. The largest absolute Gasteiger partial charge is 0.550 e. The molecule has 1 heterocycles. The van der Waals surface area contributed by atoms with E-state index in [-0.39, 0.29) is 30.4 Å². The molecule has 0 fully saturated rings. The highest BCUT2D eigenvalue weighted by Crippen LogP contribution is 2.47. The van der Waals surface area contributed by atoms with Gasteiger partial charge in [-0.25, -0.2) is 4.39 Å². The van der Waals surface area contributed by atoms with E-state index in [0.717, 1.165) is 5.56 Å². The van der Waals surface area contributed by atoms with Gasteiger partial charge >= 0.3 is 0 Å². The summed E-state index contributed by atoms with van der Waals surface area (Å²) in [6.07, 6.45) is -0.152. The summed E-state index contributed by atoms with van der Waals surface area (Å²) in [5.41, 5.74) is 4.04. The van der Waals surface area contributed by atoms with Gasteiger partial charge in [0.15, 0.2) is 5.78 Å². The predicted octanol–water partition coefficient (Wildman–Crippen LogP) is 4.13. The number of rotatable bonds is 5. The number of halogens is 1. The Labute approximate surface area is 218 Å². The molecule has 1 N–H and O–H groups in total. The first kappa shape index (κ1) is 24.9. The first-order valence-corrected chi connectivity index (χ1v) is 12.3. The Morgan fingerprint density at radius 1 is 0.974 bits per heavy atom. The maximum atomic E-state index is 13.9. The number of carbonyl (C=O) groups excluding carboxylic acids is 3. The van der Waals surface area contributed by atoms with Crippen molar-refractivity contribution in [3.8, 4) is 6.07 Å². The van der Waals surface area contributed by atoms with Crippen LogP contribution >= 0.6 is 0 Å². The zero-order chi connectivity index (χ0) is 26.8. The lowest BCUT2D eigenvalue weighted by Crippen LogP contribution is -2.39. The highest BCUT2D eigenvalue weighted by atomic mass is 19.1. The van der Waals surface area contributed by atoms with Crippen molar-refractivity contribution in [1.29, 1.82) is 5.26 Å². The maximum Gasteiger partial charge on any atom is 0.228 e. The molecule has 190 valence electrons. The molecule has 3 aromatic rings. The molecule has 0 saturated heterocycles. The first-order valence-electron chi connectivity index (χ1n) is 12.3. The van der Waals surface area contributed by atoms with E-state index in [1.165, 1.54) is 17.0 Å². The summed E-state index contributed by atoms with van der Waals surface area (Å²) in [7, 11) is 0. The standard InChI is InChI=1S/C30H24FN3O4/c31-22-11-9-19(10-12-22)21-15-24-29(26(35)16-21)30(20-7-5-18(17-32)6-8-20)34(27(36)13-14-28(37)38)25-4-2-1-3-23(25)33-24/h1-12,21,30,33H,13-16H2,(H,37,38)/p-1/t21-,30-/m1/s1. The Bertz CT molecular complexity index is 1490. The van der Waals surface area contributed by atoms with Gasteiger partial charge in [-0.15, -0.1) is 0 Å². The van der Waals surface area contributed by atoms with Gasteiger partial charge in [0.2, 0.25) is 5.91 Å². The molecule has 1 aliphatic heterocycles. The lowest BCUT2D eigenvalue weighted by molar-refractivity contribution is -0.305. The Morgan fingerprint density at radius 3 is 2.34 bits per heavy atom. The van der Waals surface area contributed by atoms with Gasteiger partial charge in [0.25, 0.3) is 0 Å². The fraction of sp³-hybridized carbons (Fsp3) is 0.200. The van der Waals surface area contributed by atoms with Gasteiger partial charge in [-0.2, -0.15) is 5.26 Å². The number of aliphatic carboxylic acids is 1. The summed E-state index contributed by atoms with van der Waals surface area (Å²) < 4.78 is 13.6. The van der Waals surface area contributed by atoms with E-state index in [0.29, 0.717) is 40.2 Å². The lowest BCUT2D eigenvalue weighted by atomic mass is 9.78. The van der Waals surface area contributed by atoms with Crippen LogP contribution in [0.15, 0.2) is 84.1 Å². The smallest absolute Gasteiger partial charge is 0.228 e. The van der Waals surface area contributed by atoms with Crippen molar-refractivity contribution in [1.82, 2.24) is 0 Å². The summed E-state index contributed by atoms with van der Waals surface area (Å²) in [5, 5.41) is 23.9. The number of carboxylic acids is 1. The third kappa shape index (κ3) is 4.78. The first-order chi connectivity index (χ1) is 18.4. The molecule has 0 unspecified atom stereocenters. The predicted molar refractivity (Wildman–Crippen MR) is 136 cm³/mol. The fourth-order valence-electron chi connectivity index (χ4n) is 5.22. The number of benzene rings is 3. The van der Waals surface area contributed by atoms with Gasteiger partial charge < -0.3 is 15.2 Å². The second-order valence-electron chi connectivity index (χ2n) is 9.39. The summed E-state index contributed by atoms with van der Waals surface area (Å²) in [6.45, 7) is 0. The van der Waals surface area contributed by atoms with Crippen LogP contribution in [0.3, 0.4) is 0 Å². The monoisotopic (exact) mass is 508 g/mol. The van der Waals surface area contributed by atoms with Crippen LogP contribution in [-0.4, -0.2) is 17.7 Å². The minimum atomic E-state index is -1.34. The van der Waals surface area contributed by atoms with Crippen LogP contribution in [-0.2, 0) is 14.4 Å². The van der Waals surface area contributed by atoms with Gasteiger partial charge in [-0.1, -0.05) is 36.4 Å². The van der Waals surface area contributed by atoms with E-state index in [1.54, 1.807) is 60.7 Å². The number of hydrogen-bond donors (Lipinski definition) is 1. The van der Waals surface area contributed by atoms with Gasteiger partial charge in [0, 0.05) is 30.1 Å². The SMILES string of the molecule is N#Cc1ccc([C@@H]2C3=C(C[C@@H](c4ccc(F)cc4)CC3=O)Nc3ccccc3N2C(=O)CCC(=O)[O-])cc1. The molecule has 0 radical (unpaired) electrons. The van der Waals surface area contributed by atoms with E-state index in [2.05, 4.69) is 11.4 Å². The van der Waals surface area contributed by atoms with Crippen LogP contribution in [0.4, 0.5) is 15.8 Å². The quantitative estimate of drug-likeness (QED) is 0.555. The minimum Gasteiger partial charge on any atom is -0.550 e. The van der Waals surface area contributed by atoms with Gasteiger partial charge in [-0.3, -0.25) is 14.5 Å². The molecule has 8 heteroatoms. The number of nitrogens with one attached hydrogen (secondary N) is 1. The van der Waals surface area contributed by atoms with Crippen molar-refractivity contribution in [3.63, 3.8) is 0 Å². The van der Waals surface area contributed by atoms with Crippen molar-refractivity contribution in [2.24, 2.45) is 0 Å². The third-order valence-corrected chi connectivity index (χ3v) is 7.00. The Hall–Kier alpha value is -4.77. The lowest BCUT2D eigenvalue weighted by Gasteiger charge is -2.35. The molecule has 2 atom stereocenters. The number of fused-ring (bicyclic) bond motifs is 1. The zero-order valence-electron chi connectivity index (χ0n) is 20.3. The van der Waals surface area contributed by atoms with Crippen molar-refractivity contribution < 1.29 is 23.9 Å². The number of ketones is 1. The molecule has 0 spiro atoms. The molecule has 0 saturated carbocycles. The number of carbonyl (C=O) groups is 3. The molecule has 2 aliphatic rings. The number of para-hydroxylation sites is 2. The fourth-order valence-corrected chi connectivity index (χ4v) is 5.22. The van der Waals surface area contributed by atoms with Crippen molar-refractivity contribution in [2.45, 2.75) is 37.6 Å². The second-order valence-corrected chi connectivity index (χ2v) is 9.39. The summed E-state index contributed by atoms with van der Waals surface area (Å²) >= 11 is 0. The summed E-state index contributed by atoms with van der Waals surface area (Å²) in [5.74, 6) is -2.54. The highest BCUT2D eigenvalue weighted by Gasteiger charge is 2.41. The average molecular weight is 509 g/mol. The van der Waals surface area contributed by atoms with Crippen molar-refractivity contribution in [2.75, 3.05) is 10.2 Å². The van der Waals surface area contributed by atoms with Crippen LogP contribution in [0, 0.1) is 17.1 Å². The van der Waals surface area contributed by atoms with Crippen LogP contribution in [0.2, 0.25) is 0 Å². The van der Waals surface area contributed by atoms with Crippen LogP contribution < -0.4 is 15.3 Å². The van der Waals surface area contributed by atoms with Crippen molar-refractivity contribution in [3.05, 3.63) is 107 Å². The molecule has 1 amide bonds. The molecule has 0 bridgehead atoms. The normalized spacial score (nSPS) is 18.5. The second kappa shape index (κ2) is 10.3. The number of amides is 1. The molecule has 1 aliphatic carbocycles. The Morgan fingerprint density at radius 2 is 1.66 bits per heavy atom. The molecule has 7 nitrogen and oxygen atoms in total. The van der Waals surface area contributed by atoms with Gasteiger partial charge in [0.1, 0.15) is 5.82 Å². The number of nitriles is 1. The van der Waals surface area contributed by atoms with Crippen LogP contribution in [0.5, 0.6) is 0 Å². The van der Waals surface area contributed by atoms with Crippen LogP contribution in [0.25, 0.3) is 0 Å². The van der Waals surface area contributed by atoms with E-state index in [4.69, 9.17) is 0 Å². The van der Waals surface area contributed by atoms with Gasteiger partial charge in [-0.05, 0) is 66.3 Å². The topological polar surface area (TPSA) is 113 Å². The Balaban J connectivity index is 1.68. The van der Waals surface area contributed by atoms with E-state index >= 15 is 0 Å². The number of anilines is 2. The number of carboxylic acid groups (broad SMARTS) is 1. The zero-order valence-corrected chi connectivity index (χ0v) is 20.3. The highest BCUT2D eigenvalue weighted by molar-refractivity contribution is 6.06. The Kier molecular flexibility index (Phi) is 6.75. The molecule has 0 aromatic heterocycles. The molecule has 38 heavy (non-hydrogen) atoms. The van der Waals surface area contributed by atoms with E-state index in [1.807, 2.05) is 0 Å². The average Bonchev–Trinajstić information content (AvgIpc) is 3.07. The summed E-state index contributed by atoms with van der Waals surface area (Å²) in [6, 6.07) is 21.1. The molecular formula is C30H23FN3O4-. The summed E-state index contributed by atoms with van der Waals surface area (Å²) in [4.78, 5) is 40.1.